The van der Waals surface area contributed by atoms with E-state index in [0.717, 1.165) is 18.7 Å². The Bertz CT molecular complexity index is 420. The van der Waals surface area contributed by atoms with Gasteiger partial charge in [0.1, 0.15) is 5.69 Å². The zero-order chi connectivity index (χ0) is 13.4. The maximum Gasteiger partial charge on any atom is 0.269 e. The predicted molar refractivity (Wildman–Crippen MR) is 69.2 cm³/mol. The number of aromatic nitrogens is 1. The lowest BCUT2D eigenvalue weighted by molar-refractivity contribution is -0.117. The summed E-state index contributed by atoms with van der Waals surface area (Å²) in [6.07, 6.45) is 2.70. The fourth-order valence-corrected chi connectivity index (χ4v) is 1.32. The third-order valence-electron chi connectivity index (χ3n) is 2.23. The summed E-state index contributed by atoms with van der Waals surface area (Å²) in [7, 11) is 0. The fraction of sp³-hybridized carbons (Fsp3) is 0.417. The minimum atomic E-state index is -0.443. The summed E-state index contributed by atoms with van der Waals surface area (Å²) in [6.45, 7) is 3.13. The number of hydrogen-bond donors (Lipinski definition) is 3. The molecule has 1 aromatic rings. The number of pyridine rings is 1. The van der Waals surface area contributed by atoms with Crippen LogP contribution in [0.25, 0.3) is 0 Å². The molecule has 98 valence electrons. The van der Waals surface area contributed by atoms with Gasteiger partial charge in [-0.1, -0.05) is 6.92 Å². The van der Waals surface area contributed by atoms with E-state index in [0.29, 0.717) is 5.69 Å². The number of carbonyl (C=O) groups is 2. The van der Waals surface area contributed by atoms with E-state index in [-0.39, 0.29) is 18.9 Å². The van der Waals surface area contributed by atoms with Crippen LogP contribution in [-0.2, 0) is 4.79 Å². The van der Waals surface area contributed by atoms with Gasteiger partial charge in [0, 0.05) is 31.4 Å². The Morgan fingerprint density at radius 3 is 2.83 bits per heavy atom. The Hall–Kier alpha value is -2.11. The van der Waals surface area contributed by atoms with Crippen LogP contribution in [-0.4, -0.2) is 29.9 Å². The van der Waals surface area contributed by atoms with E-state index in [1.165, 1.54) is 0 Å². The molecule has 0 aliphatic carbocycles. The smallest absolute Gasteiger partial charge is 0.269 e. The van der Waals surface area contributed by atoms with Gasteiger partial charge in [0.15, 0.2) is 0 Å². The van der Waals surface area contributed by atoms with E-state index in [1.807, 2.05) is 0 Å². The van der Waals surface area contributed by atoms with Crippen molar-refractivity contribution < 1.29 is 9.59 Å². The number of rotatable bonds is 7. The predicted octanol–water partition coefficient (Wildman–Crippen LogP) is 0.509. The summed E-state index contributed by atoms with van der Waals surface area (Å²) in [5, 5.41) is 5.75. The van der Waals surface area contributed by atoms with Gasteiger partial charge in [-0.3, -0.25) is 14.6 Å². The van der Waals surface area contributed by atoms with Crippen molar-refractivity contribution in [2.75, 3.05) is 18.4 Å². The second-order valence-electron chi connectivity index (χ2n) is 3.83. The first kappa shape index (κ1) is 14.0. The highest BCUT2D eigenvalue weighted by Crippen LogP contribution is 2.07. The maximum atomic E-state index is 11.7. The average molecular weight is 250 g/mol. The number of primary amides is 1. The number of hydrogen-bond acceptors (Lipinski definition) is 4. The lowest BCUT2D eigenvalue weighted by Crippen LogP contribution is -2.28. The first-order chi connectivity index (χ1) is 8.63. The topological polar surface area (TPSA) is 97.1 Å². The summed E-state index contributed by atoms with van der Waals surface area (Å²) in [4.78, 5) is 26.2. The molecular formula is C12H18N4O2. The van der Waals surface area contributed by atoms with E-state index >= 15 is 0 Å². The molecule has 1 aromatic heterocycles. The van der Waals surface area contributed by atoms with E-state index in [2.05, 4.69) is 22.5 Å². The number of anilines is 1. The van der Waals surface area contributed by atoms with Crippen LogP contribution < -0.4 is 16.4 Å². The molecule has 0 aromatic carbocycles. The van der Waals surface area contributed by atoms with Gasteiger partial charge in [0.2, 0.25) is 5.91 Å². The van der Waals surface area contributed by atoms with E-state index in [1.54, 1.807) is 18.3 Å². The van der Waals surface area contributed by atoms with Crippen LogP contribution >= 0.6 is 0 Å². The van der Waals surface area contributed by atoms with E-state index < -0.39 is 5.91 Å². The van der Waals surface area contributed by atoms with Crippen LogP contribution in [0.1, 0.15) is 30.3 Å². The zero-order valence-corrected chi connectivity index (χ0v) is 10.4. The first-order valence-corrected chi connectivity index (χ1v) is 5.90. The van der Waals surface area contributed by atoms with Crippen LogP contribution in [0.2, 0.25) is 0 Å². The molecule has 1 heterocycles. The van der Waals surface area contributed by atoms with Crippen molar-refractivity contribution in [3.63, 3.8) is 0 Å². The van der Waals surface area contributed by atoms with Crippen LogP contribution in [0.3, 0.4) is 0 Å². The minimum absolute atomic E-state index is 0.125. The third-order valence-corrected chi connectivity index (χ3v) is 2.23. The van der Waals surface area contributed by atoms with Crippen molar-refractivity contribution in [2.24, 2.45) is 5.73 Å². The molecule has 0 fully saturated rings. The summed E-state index contributed by atoms with van der Waals surface area (Å²) >= 11 is 0. The summed E-state index contributed by atoms with van der Waals surface area (Å²) < 4.78 is 0. The number of nitrogens with two attached hydrogens (primary N) is 1. The number of carbonyl (C=O) groups excluding carboxylic acids is 2. The van der Waals surface area contributed by atoms with E-state index in [4.69, 9.17) is 5.73 Å². The van der Waals surface area contributed by atoms with Gasteiger partial charge >= 0.3 is 0 Å². The standard InChI is InChI=1S/C12H18N4O2/c1-2-5-14-9-3-6-15-10(8-9)12(18)16-7-4-11(13)17/h3,6,8H,2,4-5,7H2,1H3,(H2,13,17)(H,14,15)(H,16,18). The zero-order valence-electron chi connectivity index (χ0n) is 10.4. The third kappa shape index (κ3) is 4.82. The molecule has 0 radical (unpaired) electrons. The fourth-order valence-electron chi connectivity index (χ4n) is 1.32. The molecule has 0 aliphatic rings. The number of amides is 2. The lowest BCUT2D eigenvalue weighted by atomic mass is 10.3. The molecule has 2 amide bonds. The molecule has 0 bridgehead atoms. The van der Waals surface area contributed by atoms with Crippen LogP contribution in [0.15, 0.2) is 18.3 Å². The highest BCUT2D eigenvalue weighted by Gasteiger charge is 2.07. The molecule has 0 atom stereocenters. The van der Waals surface area contributed by atoms with Gasteiger partial charge in [0.25, 0.3) is 5.91 Å². The Kier molecular flexibility index (Phi) is 5.63. The molecule has 1 rings (SSSR count). The van der Waals surface area contributed by atoms with E-state index in [9.17, 15) is 9.59 Å². The molecule has 6 heteroatoms. The summed E-state index contributed by atoms with van der Waals surface area (Å²) in [6, 6.07) is 3.48. The van der Waals surface area contributed by atoms with Gasteiger partial charge in [-0.05, 0) is 18.6 Å². The normalized spacial score (nSPS) is 9.83. The molecule has 0 saturated heterocycles. The van der Waals surface area contributed by atoms with Crippen LogP contribution in [0, 0.1) is 0 Å². The van der Waals surface area contributed by atoms with Gasteiger partial charge < -0.3 is 16.4 Å². The Labute approximate surface area is 106 Å². The van der Waals surface area contributed by atoms with Crippen molar-refractivity contribution in [2.45, 2.75) is 19.8 Å². The van der Waals surface area contributed by atoms with Crippen LogP contribution in [0.4, 0.5) is 5.69 Å². The molecule has 0 unspecified atom stereocenters. The number of nitrogens with zero attached hydrogens (tertiary/aromatic N) is 1. The maximum absolute atomic E-state index is 11.7. The monoisotopic (exact) mass is 250 g/mol. The van der Waals surface area contributed by atoms with Gasteiger partial charge in [-0.25, -0.2) is 0 Å². The van der Waals surface area contributed by atoms with Crippen molar-refractivity contribution in [1.29, 1.82) is 0 Å². The molecule has 0 saturated carbocycles. The molecule has 18 heavy (non-hydrogen) atoms. The highest BCUT2D eigenvalue weighted by molar-refractivity contribution is 5.93. The molecule has 6 nitrogen and oxygen atoms in total. The SMILES string of the molecule is CCCNc1ccnc(C(=O)NCCC(N)=O)c1. The summed E-state index contributed by atoms with van der Waals surface area (Å²) in [5.74, 6) is -0.752. The van der Waals surface area contributed by atoms with Gasteiger partial charge in [0.05, 0.1) is 0 Å². The Morgan fingerprint density at radius 2 is 2.17 bits per heavy atom. The van der Waals surface area contributed by atoms with Crippen molar-refractivity contribution in [3.05, 3.63) is 24.0 Å². The molecule has 4 N–H and O–H groups in total. The Morgan fingerprint density at radius 1 is 1.39 bits per heavy atom. The molecule has 0 spiro atoms. The average Bonchev–Trinajstić information content (AvgIpc) is 2.36. The quantitative estimate of drug-likeness (QED) is 0.656. The Balaban J connectivity index is 2.54. The number of nitrogens with one attached hydrogen (secondary N) is 2. The lowest BCUT2D eigenvalue weighted by Gasteiger charge is -2.07. The van der Waals surface area contributed by atoms with Crippen molar-refractivity contribution in [3.8, 4) is 0 Å². The largest absolute Gasteiger partial charge is 0.385 e. The van der Waals surface area contributed by atoms with Crippen molar-refractivity contribution in [1.82, 2.24) is 10.3 Å². The van der Waals surface area contributed by atoms with Gasteiger partial charge in [-0.2, -0.15) is 0 Å². The second-order valence-corrected chi connectivity index (χ2v) is 3.83. The second kappa shape index (κ2) is 7.26. The first-order valence-electron chi connectivity index (χ1n) is 5.90. The minimum Gasteiger partial charge on any atom is -0.385 e. The van der Waals surface area contributed by atoms with Gasteiger partial charge in [-0.15, -0.1) is 0 Å². The molecular weight excluding hydrogens is 232 g/mol. The summed E-state index contributed by atoms with van der Waals surface area (Å²) in [5.41, 5.74) is 6.15. The van der Waals surface area contributed by atoms with Crippen LogP contribution in [0.5, 0.6) is 0 Å². The highest BCUT2D eigenvalue weighted by atomic mass is 16.2. The van der Waals surface area contributed by atoms with Crippen molar-refractivity contribution >= 4 is 17.5 Å². The molecule has 0 aliphatic heterocycles.